The van der Waals surface area contributed by atoms with Crippen LogP contribution >= 0.6 is 11.3 Å². The second-order valence-electron chi connectivity index (χ2n) is 8.89. The molecule has 1 atom stereocenters. The van der Waals surface area contributed by atoms with E-state index in [1.807, 2.05) is 0 Å². The fraction of sp³-hybridized carbons (Fsp3) is 0.591. The molecule has 4 heterocycles. The smallest absolute Gasteiger partial charge is 0.173 e. The number of benzene rings is 1. The van der Waals surface area contributed by atoms with E-state index in [1.54, 1.807) is 11.3 Å². The van der Waals surface area contributed by atoms with Crippen LogP contribution in [0.25, 0.3) is 10.1 Å². The quantitative estimate of drug-likeness (QED) is 0.679. The van der Waals surface area contributed by atoms with Gasteiger partial charge in [0.05, 0.1) is 4.88 Å². The summed E-state index contributed by atoms with van der Waals surface area (Å²) in [5.41, 5.74) is 1.64. The topological polar surface area (TPSA) is 20.3 Å². The van der Waals surface area contributed by atoms with E-state index < -0.39 is 0 Å². The maximum atomic E-state index is 13.1. The predicted octanol–water partition coefficient (Wildman–Crippen LogP) is 5.47. The van der Waals surface area contributed by atoms with E-state index in [2.05, 4.69) is 43.0 Å². The monoisotopic (exact) mass is 353 g/mol. The van der Waals surface area contributed by atoms with Gasteiger partial charge >= 0.3 is 0 Å². The molecule has 0 unspecified atom stereocenters. The highest BCUT2D eigenvalue weighted by Gasteiger charge is 2.48. The van der Waals surface area contributed by atoms with E-state index in [0.717, 1.165) is 23.1 Å². The van der Waals surface area contributed by atoms with Gasteiger partial charge in [-0.05, 0) is 93.5 Å². The number of rotatable bonds is 4. The minimum absolute atomic E-state index is 0.173. The summed E-state index contributed by atoms with van der Waals surface area (Å²) in [6, 6.07) is 8.94. The number of ketones is 1. The third kappa shape index (κ3) is 2.67. The van der Waals surface area contributed by atoms with Crippen LogP contribution in [0.4, 0.5) is 0 Å². The number of hydrogen-bond acceptors (Lipinski definition) is 3. The Kier molecular flexibility index (Phi) is 3.62. The molecule has 2 bridgehead atoms. The van der Waals surface area contributed by atoms with Gasteiger partial charge in [0.15, 0.2) is 5.78 Å². The molecule has 2 aromatic rings. The van der Waals surface area contributed by atoms with Gasteiger partial charge in [-0.25, -0.2) is 0 Å². The van der Waals surface area contributed by atoms with E-state index in [9.17, 15) is 4.79 Å². The van der Waals surface area contributed by atoms with Crippen molar-refractivity contribution in [2.24, 2.45) is 11.8 Å². The maximum absolute atomic E-state index is 13.1. The summed E-state index contributed by atoms with van der Waals surface area (Å²) in [5.74, 6) is 2.38. The first-order chi connectivity index (χ1) is 12.0. The van der Waals surface area contributed by atoms with Crippen LogP contribution in [0.3, 0.4) is 0 Å². The van der Waals surface area contributed by atoms with Gasteiger partial charge in [0.25, 0.3) is 0 Å². The molecule has 0 radical (unpaired) electrons. The Balaban J connectivity index is 1.39. The van der Waals surface area contributed by atoms with Gasteiger partial charge in [-0.2, -0.15) is 0 Å². The summed E-state index contributed by atoms with van der Waals surface area (Å²) >= 11 is 1.71. The fourth-order valence-corrected chi connectivity index (χ4v) is 6.32. The number of nitrogens with zero attached hydrogens (tertiary/aromatic N) is 1. The van der Waals surface area contributed by atoms with Crippen molar-refractivity contribution in [3.05, 3.63) is 34.7 Å². The lowest BCUT2D eigenvalue weighted by Crippen LogP contribution is -2.61. The maximum Gasteiger partial charge on any atom is 0.173 e. The Labute approximate surface area is 154 Å². The Bertz CT molecular complexity index is 824. The van der Waals surface area contributed by atoms with Gasteiger partial charge in [-0.3, -0.25) is 9.69 Å². The SMILES string of the molecule is CC1(C)[C@@H](CC(=O)c2cc3ccc(C4CC4)cc3s2)C2CCN1CC2. The van der Waals surface area contributed by atoms with Crippen molar-refractivity contribution in [2.75, 3.05) is 13.1 Å². The molecule has 0 N–H and O–H groups in total. The van der Waals surface area contributed by atoms with Crippen LogP contribution < -0.4 is 0 Å². The van der Waals surface area contributed by atoms with Crippen molar-refractivity contribution in [3.8, 4) is 0 Å². The molecule has 2 nitrogen and oxygen atoms in total. The number of carbonyl (C=O) groups excluding carboxylic acids is 1. The molecule has 1 aliphatic carbocycles. The minimum Gasteiger partial charge on any atom is -0.298 e. The summed E-state index contributed by atoms with van der Waals surface area (Å²) in [6.07, 6.45) is 5.93. The number of hydrogen-bond donors (Lipinski definition) is 0. The zero-order valence-corrected chi connectivity index (χ0v) is 16.1. The molecule has 1 saturated carbocycles. The van der Waals surface area contributed by atoms with Gasteiger partial charge in [-0.1, -0.05) is 12.1 Å². The van der Waals surface area contributed by atoms with Crippen molar-refractivity contribution in [1.82, 2.24) is 4.90 Å². The van der Waals surface area contributed by atoms with Crippen LogP contribution in [0, 0.1) is 11.8 Å². The van der Waals surface area contributed by atoms with Crippen LogP contribution in [0.15, 0.2) is 24.3 Å². The number of fused-ring (bicyclic) bond motifs is 4. The van der Waals surface area contributed by atoms with Gasteiger partial charge < -0.3 is 0 Å². The van der Waals surface area contributed by atoms with Crippen molar-refractivity contribution in [3.63, 3.8) is 0 Å². The third-order valence-electron chi connectivity index (χ3n) is 7.10. The van der Waals surface area contributed by atoms with E-state index in [4.69, 9.17) is 0 Å². The molecule has 132 valence electrons. The Morgan fingerprint density at radius 2 is 1.92 bits per heavy atom. The normalized spacial score (nSPS) is 30.7. The standard InChI is InChI=1S/C22H27NOS/c1-22(2)18(15-7-9-23(22)10-8-15)13-19(24)21-12-17-6-5-16(14-3-4-14)11-20(17)25-21/h5-6,11-12,14-15,18H,3-4,7-10,13H2,1-2H3/t18-/m0/s1. The molecule has 3 saturated heterocycles. The van der Waals surface area contributed by atoms with Crippen LogP contribution in [0.1, 0.15) is 67.1 Å². The third-order valence-corrected chi connectivity index (χ3v) is 8.24. The number of Topliss-reactive ketones (excluding diaryl/α,β-unsaturated/α-hetero) is 1. The molecule has 25 heavy (non-hydrogen) atoms. The van der Waals surface area contributed by atoms with Gasteiger partial charge in [-0.15, -0.1) is 11.3 Å². The largest absolute Gasteiger partial charge is 0.298 e. The summed E-state index contributed by atoms with van der Waals surface area (Å²) in [4.78, 5) is 16.6. The van der Waals surface area contributed by atoms with E-state index in [1.165, 1.54) is 54.4 Å². The molecule has 1 aromatic carbocycles. The molecular weight excluding hydrogens is 326 g/mol. The van der Waals surface area contributed by atoms with Crippen LogP contribution in [0.2, 0.25) is 0 Å². The molecule has 4 fully saturated rings. The Morgan fingerprint density at radius 3 is 2.60 bits per heavy atom. The average molecular weight is 354 g/mol. The first-order valence-electron chi connectivity index (χ1n) is 9.84. The molecule has 3 heteroatoms. The lowest BCUT2D eigenvalue weighted by atomic mass is 9.65. The first kappa shape index (κ1) is 16.0. The number of carbonyl (C=O) groups is 1. The zero-order chi connectivity index (χ0) is 17.2. The first-order valence-corrected chi connectivity index (χ1v) is 10.7. The molecule has 4 aliphatic rings. The molecular formula is C22H27NOS. The van der Waals surface area contributed by atoms with Crippen molar-refractivity contribution in [2.45, 2.75) is 57.4 Å². The second-order valence-corrected chi connectivity index (χ2v) is 9.98. The van der Waals surface area contributed by atoms with E-state index >= 15 is 0 Å². The number of piperidine rings is 3. The van der Waals surface area contributed by atoms with E-state index in [-0.39, 0.29) is 5.54 Å². The summed E-state index contributed by atoms with van der Waals surface area (Å²) in [7, 11) is 0. The van der Waals surface area contributed by atoms with Crippen LogP contribution in [0.5, 0.6) is 0 Å². The molecule has 0 amide bonds. The highest BCUT2D eigenvalue weighted by molar-refractivity contribution is 7.20. The van der Waals surface area contributed by atoms with Crippen molar-refractivity contribution in [1.29, 1.82) is 0 Å². The molecule has 3 aliphatic heterocycles. The van der Waals surface area contributed by atoms with Crippen LogP contribution in [-0.2, 0) is 0 Å². The van der Waals surface area contributed by atoms with Gasteiger partial charge in [0, 0.05) is 16.7 Å². The Hall–Kier alpha value is -1.19. The highest BCUT2D eigenvalue weighted by atomic mass is 32.1. The molecule has 1 aromatic heterocycles. The number of thiophene rings is 1. The van der Waals surface area contributed by atoms with Gasteiger partial charge in [0.2, 0.25) is 0 Å². The second kappa shape index (κ2) is 5.65. The zero-order valence-electron chi connectivity index (χ0n) is 15.3. The summed E-state index contributed by atoms with van der Waals surface area (Å²) in [6.45, 7) is 7.14. The fourth-order valence-electron chi connectivity index (χ4n) is 5.26. The summed E-state index contributed by atoms with van der Waals surface area (Å²) < 4.78 is 1.29. The Morgan fingerprint density at radius 1 is 1.16 bits per heavy atom. The molecule has 0 spiro atoms. The molecule has 6 rings (SSSR count). The summed E-state index contributed by atoms with van der Waals surface area (Å²) in [5, 5.41) is 1.24. The van der Waals surface area contributed by atoms with Gasteiger partial charge in [0.1, 0.15) is 0 Å². The predicted molar refractivity (Wildman–Crippen MR) is 105 cm³/mol. The van der Waals surface area contributed by atoms with Crippen molar-refractivity contribution < 1.29 is 4.79 Å². The van der Waals surface area contributed by atoms with Crippen molar-refractivity contribution >= 4 is 27.2 Å². The van der Waals surface area contributed by atoms with E-state index in [0.29, 0.717) is 11.7 Å². The average Bonchev–Trinajstić information content (AvgIpc) is 3.36. The lowest BCUT2D eigenvalue weighted by molar-refractivity contribution is -0.0643. The highest BCUT2D eigenvalue weighted by Crippen LogP contribution is 2.46. The minimum atomic E-state index is 0.173. The van der Waals surface area contributed by atoms with Crippen LogP contribution in [-0.4, -0.2) is 29.3 Å². The lowest BCUT2D eigenvalue weighted by Gasteiger charge is -2.56.